The number of ether oxygens (including phenoxy) is 1. The van der Waals surface area contributed by atoms with Crippen LogP contribution in [0.3, 0.4) is 0 Å². The van der Waals surface area contributed by atoms with Crippen LogP contribution in [0.1, 0.15) is 19.4 Å². The first kappa shape index (κ1) is 24.1. The maximum atomic E-state index is 13.2. The average molecular weight is 487 g/mol. The summed E-state index contributed by atoms with van der Waals surface area (Å²) < 4.78 is 50.7. The van der Waals surface area contributed by atoms with E-state index in [2.05, 4.69) is 11.8 Å². The van der Waals surface area contributed by atoms with E-state index in [-0.39, 0.29) is 35.3 Å². The van der Waals surface area contributed by atoms with Gasteiger partial charge in [0, 0.05) is 31.7 Å². The molecule has 3 aromatic carbocycles. The van der Waals surface area contributed by atoms with Gasteiger partial charge in [0.1, 0.15) is 11.6 Å². The molecule has 0 unspecified atom stereocenters. The van der Waals surface area contributed by atoms with Gasteiger partial charge in [0.15, 0.2) is 6.61 Å². The van der Waals surface area contributed by atoms with Gasteiger partial charge in [0.05, 0.1) is 4.90 Å². The Labute approximate surface area is 198 Å². The molecule has 1 aliphatic heterocycles. The maximum absolute atomic E-state index is 13.2. The van der Waals surface area contributed by atoms with Crippen molar-refractivity contribution in [3.63, 3.8) is 0 Å². The van der Waals surface area contributed by atoms with Crippen LogP contribution >= 0.6 is 0 Å². The van der Waals surface area contributed by atoms with Crippen molar-refractivity contribution in [1.29, 1.82) is 0 Å². The van der Waals surface area contributed by atoms with Gasteiger partial charge in [-0.05, 0) is 66.6 Å². The summed E-state index contributed by atoms with van der Waals surface area (Å²) >= 11 is 0. The van der Waals surface area contributed by atoms with Gasteiger partial charge in [-0.1, -0.05) is 24.3 Å². The molecular weight excluding hydrogens is 459 g/mol. The first-order valence-corrected chi connectivity index (χ1v) is 12.5. The van der Waals surface area contributed by atoms with E-state index in [1.807, 2.05) is 11.8 Å². The van der Waals surface area contributed by atoms with Crippen molar-refractivity contribution < 1.29 is 26.9 Å². The lowest BCUT2D eigenvalue weighted by atomic mass is 10.1. The van der Waals surface area contributed by atoms with E-state index < -0.39 is 10.1 Å². The van der Waals surface area contributed by atoms with Gasteiger partial charge in [0.2, 0.25) is 0 Å². The smallest absolute Gasteiger partial charge is 0.294 e. The third kappa shape index (κ3) is 5.55. The van der Waals surface area contributed by atoms with Crippen molar-refractivity contribution in [2.45, 2.75) is 37.4 Å². The molecule has 0 bridgehead atoms. The molecule has 0 aliphatic carbocycles. The molecule has 2 atom stereocenters. The lowest BCUT2D eigenvalue weighted by Gasteiger charge is -2.44. The van der Waals surface area contributed by atoms with Crippen molar-refractivity contribution in [2.75, 3.05) is 19.7 Å². The van der Waals surface area contributed by atoms with E-state index in [9.17, 15) is 22.2 Å². The van der Waals surface area contributed by atoms with E-state index in [1.165, 1.54) is 24.3 Å². The minimum Gasteiger partial charge on any atom is -0.484 e. The molecule has 1 saturated heterocycles. The number of amides is 1. The van der Waals surface area contributed by atoms with Crippen LogP contribution in [0.5, 0.6) is 5.75 Å². The highest BCUT2D eigenvalue weighted by Gasteiger charge is 2.32. The molecule has 0 saturated carbocycles. The Balaban J connectivity index is 1.36. The van der Waals surface area contributed by atoms with E-state index in [4.69, 9.17) is 4.74 Å². The minimum absolute atomic E-state index is 0.00297. The van der Waals surface area contributed by atoms with Crippen molar-refractivity contribution in [3.8, 4) is 5.75 Å². The Morgan fingerprint density at radius 2 is 1.68 bits per heavy atom. The number of hydrogen-bond donors (Lipinski definition) is 1. The van der Waals surface area contributed by atoms with Crippen LogP contribution < -0.4 is 4.74 Å². The van der Waals surface area contributed by atoms with Crippen LogP contribution in [0.4, 0.5) is 4.39 Å². The van der Waals surface area contributed by atoms with E-state index in [0.29, 0.717) is 30.8 Å². The van der Waals surface area contributed by atoms with Gasteiger partial charge in [0.25, 0.3) is 16.0 Å². The molecule has 0 radical (unpaired) electrons. The first-order valence-electron chi connectivity index (χ1n) is 11.0. The molecule has 1 N–H and O–H groups in total. The zero-order chi connectivity index (χ0) is 24.5. The molecule has 1 aliphatic rings. The van der Waals surface area contributed by atoms with Gasteiger partial charge < -0.3 is 9.64 Å². The molecule has 0 aromatic heterocycles. The van der Waals surface area contributed by atoms with Crippen molar-refractivity contribution in [1.82, 2.24) is 9.80 Å². The average Bonchev–Trinajstić information content (AvgIpc) is 2.80. The summed E-state index contributed by atoms with van der Waals surface area (Å²) in [4.78, 5) is 16.8. The molecule has 9 heteroatoms. The van der Waals surface area contributed by atoms with Crippen molar-refractivity contribution in [2.24, 2.45) is 0 Å². The Morgan fingerprint density at radius 3 is 2.38 bits per heavy atom. The van der Waals surface area contributed by atoms with E-state index >= 15 is 0 Å². The normalized spacial score (nSPS) is 19.4. The second-order valence-electron chi connectivity index (χ2n) is 8.73. The summed E-state index contributed by atoms with van der Waals surface area (Å²) in [5, 5.41) is 1.36. The van der Waals surface area contributed by atoms with Gasteiger partial charge in [-0.15, -0.1) is 0 Å². The zero-order valence-electron chi connectivity index (χ0n) is 19.0. The summed E-state index contributed by atoms with van der Waals surface area (Å²) in [6, 6.07) is 16.0. The predicted octanol–water partition coefficient (Wildman–Crippen LogP) is 3.73. The minimum atomic E-state index is -4.27. The van der Waals surface area contributed by atoms with Crippen LogP contribution in [-0.2, 0) is 21.5 Å². The van der Waals surface area contributed by atoms with Gasteiger partial charge >= 0.3 is 0 Å². The van der Waals surface area contributed by atoms with E-state index in [1.54, 1.807) is 36.4 Å². The SMILES string of the molecule is C[C@@H]1CN(C(=O)COc2ccc3cc(S(=O)(=O)O)ccc3c2)[C@@H](C)CN1Cc1ccc(F)cc1. The molecule has 1 amide bonds. The zero-order valence-corrected chi connectivity index (χ0v) is 19.8. The van der Waals surface area contributed by atoms with Crippen LogP contribution in [0.2, 0.25) is 0 Å². The van der Waals surface area contributed by atoms with Crippen LogP contribution in [0, 0.1) is 5.82 Å². The summed E-state index contributed by atoms with van der Waals surface area (Å²) in [5.41, 5.74) is 1.03. The molecule has 3 aromatic rings. The van der Waals surface area contributed by atoms with Crippen LogP contribution in [0.15, 0.2) is 65.6 Å². The number of piperazine rings is 1. The Morgan fingerprint density at radius 1 is 1.00 bits per heavy atom. The number of carbonyl (C=O) groups is 1. The van der Waals surface area contributed by atoms with Gasteiger partial charge in [-0.25, -0.2) is 4.39 Å². The fourth-order valence-electron chi connectivity index (χ4n) is 4.27. The number of fused-ring (bicyclic) bond motifs is 1. The Hall–Kier alpha value is -3.01. The molecular formula is C25H27FN2O5S. The maximum Gasteiger partial charge on any atom is 0.294 e. The third-order valence-corrected chi connectivity index (χ3v) is 7.03. The number of nitrogens with zero attached hydrogens (tertiary/aromatic N) is 2. The second kappa shape index (κ2) is 9.69. The molecule has 1 fully saturated rings. The van der Waals surface area contributed by atoms with Crippen molar-refractivity contribution in [3.05, 3.63) is 72.0 Å². The lowest BCUT2D eigenvalue weighted by molar-refractivity contribution is -0.139. The molecule has 0 spiro atoms. The highest BCUT2D eigenvalue weighted by Crippen LogP contribution is 2.24. The number of benzene rings is 3. The Bertz CT molecular complexity index is 1300. The standard InChI is InChI=1S/C25H27FN2O5S/c1-17-14-28(18(2)13-27(17)15-19-3-7-22(26)8-4-19)25(29)16-33-23-9-5-21-12-24(34(30,31)32)10-6-20(21)11-23/h3-12,17-18H,13-16H2,1-2H3,(H,30,31,32)/t17-,18+/m1/s1. The van der Waals surface area contributed by atoms with E-state index in [0.717, 1.165) is 10.9 Å². The number of hydrogen-bond acceptors (Lipinski definition) is 5. The molecule has 4 rings (SSSR count). The summed E-state index contributed by atoms with van der Waals surface area (Å²) in [7, 11) is -4.27. The Kier molecular flexibility index (Phi) is 6.88. The predicted molar refractivity (Wildman–Crippen MR) is 127 cm³/mol. The summed E-state index contributed by atoms with van der Waals surface area (Å²) in [5.74, 6) is 0.133. The quantitative estimate of drug-likeness (QED) is 0.535. The molecule has 7 nitrogen and oxygen atoms in total. The fourth-order valence-corrected chi connectivity index (χ4v) is 4.79. The second-order valence-corrected chi connectivity index (χ2v) is 10.2. The summed E-state index contributed by atoms with van der Waals surface area (Å²) in [6.45, 7) is 5.94. The number of carbonyl (C=O) groups excluding carboxylic acids is 1. The van der Waals surface area contributed by atoms with Crippen molar-refractivity contribution >= 4 is 26.8 Å². The highest BCUT2D eigenvalue weighted by molar-refractivity contribution is 7.85. The third-order valence-electron chi connectivity index (χ3n) is 6.18. The highest BCUT2D eigenvalue weighted by atomic mass is 32.2. The van der Waals surface area contributed by atoms with Crippen LogP contribution in [-0.4, -0.2) is 60.5 Å². The largest absolute Gasteiger partial charge is 0.484 e. The molecule has 1 heterocycles. The topological polar surface area (TPSA) is 87.1 Å². The fraction of sp³-hybridized carbons (Fsp3) is 0.320. The monoisotopic (exact) mass is 486 g/mol. The molecule has 180 valence electrons. The molecule has 34 heavy (non-hydrogen) atoms. The van der Waals surface area contributed by atoms with Crippen LogP contribution in [0.25, 0.3) is 10.8 Å². The summed E-state index contributed by atoms with van der Waals surface area (Å²) in [6.07, 6.45) is 0. The van der Waals surface area contributed by atoms with Gasteiger partial charge in [-0.2, -0.15) is 8.42 Å². The first-order chi connectivity index (χ1) is 16.1. The lowest BCUT2D eigenvalue weighted by Crippen LogP contribution is -2.58. The number of rotatable bonds is 6. The number of halogens is 1. The van der Waals surface area contributed by atoms with Gasteiger partial charge in [-0.3, -0.25) is 14.2 Å².